The number of hydrogen-bond acceptors (Lipinski definition) is 6. The fourth-order valence-corrected chi connectivity index (χ4v) is 2.75. The molecule has 29 heavy (non-hydrogen) atoms. The number of nitrogens with zero attached hydrogens (tertiary/aromatic N) is 5. The van der Waals surface area contributed by atoms with Crippen LogP contribution in [0.15, 0.2) is 24.7 Å². The highest BCUT2D eigenvalue weighted by Crippen LogP contribution is 2.33. The van der Waals surface area contributed by atoms with Gasteiger partial charge in [0.25, 0.3) is 0 Å². The lowest BCUT2D eigenvalue weighted by Crippen LogP contribution is -2.27. The normalized spacial score (nSPS) is 15.0. The maximum atomic E-state index is 13.4. The topological polar surface area (TPSA) is 86.9 Å². The molecular weight excluding hydrogens is 389 g/mol. The molecule has 0 unspecified atom stereocenters. The van der Waals surface area contributed by atoms with Gasteiger partial charge in [-0.1, -0.05) is 0 Å². The maximum absolute atomic E-state index is 13.4. The second-order valence-corrected chi connectivity index (χ2v) is 7.82. The Morgan fingerprint density at radius 3 is 2.59 bits per heavy atom. The predicted molar refractivity (Wildman–Crippen MR) is 97.9 cm³/mol. The summed E-state index contributed by atoms with van der Waals surface area (Å²) in [4.78, 5) is 24.0. The summed E-state index contributed by atoms with van der Waals surface area (Å²) >= 11 is 0. The van der Waals surface area contributed by atoms with Gasteiger partial charge in [-0.05, 0) is 45.7 Å². The van der Waals surface area contributed by atoms with Crippen molar-refractivity contribution in [2.24, 2.45) is 0 Å². The molecule has 0 aromatic carbocycles. The van der Waals surface area contributed by atoms with Crippen LogP contribution in [0.4, 0.5) is 23.8 Å². The molecule has 1 saturated carbocycles. The number of fused-ring (bicyclic) bond motifs is 1. The van der Waals surface area contributed by atoms with E-state index in [9.17, 15) is 18.0 Å². The first-order chi connectivity index (χ1) is 13.5. The molecular formula is C18H19F3N6O2. The zero-order valence-corrected chi connectivity index (χ0v) is 16.0. The highest BCUT2D eigenvalue weighted by Gasteiger charge is 2.37. The predicted octanol–water partition coefficient (Wildman–Crippen LogP) is 3.99. The first-order valence-electron chi connectivity index (χ1n) is 9.03. The molecule has 3 heterocycles. The van der Waals surface area contributed by atoms with Crippen molar-refractivity contribution in [2.75, 3.05) is 5.32 Å². The van der Waals surface area contributed by atoms with Crippen molar-refractivity contribution in [3.8, 4) is 5.82 Å². The molecule has 1 N–H and O–H groups in total. The van der Waals surface area contributed by atoms with Crippen LogP contribution in [0.25, 0.3) is 17.0 Å². The molecule has 1 fully saturated rings. The molecule has 0 atom stereocenters. The number of rotatable bonds is 3. The van der Waals surface area contributed by atoms with E-state index in [0.29, 0.717) is 0 Å². The maximum Gasteiger partial charge on any atom is 0.451 e. The summed E-state index contributed by atoms with van der Waals surface area (Å²) in [5, 5.41) is 2.97. The lowest BCUT2D eigenvalue weighted by Gasteiger charge is -2.20. The van der Waals surface area contributed by atoms with Crippen LogP contribution in [0.5, 0.6) is 0 Å². The third kappa shape index (κ3) is 3.89. The molecule has 8 nitrogen and oxygen atoms in total. The van der Waals surface area contributed by atoms with Crippen LogP contribution in [0.1, 0.15) is 39.4 Å². The number of nitrogens with one attached hydrogen (secondary N) is 1. The van der Waals surface area contributed by atoms with Crippen molar-refractivity contribution < 1.29 is 22.7 Å². The number of alkyl halides is 3. The Bertz CT molecular complexity index is 1080. The Morgan fingerprint density at radius 1 is 1.24 bits per heavy atom. The third-order valence-corrected chi connectivity index (χ3v) is 4.13. The van der Waals surface area contributed by atoms with Gasteiger partial charge in [-0.2, -0.15) is 13.2 Å². The van der Waals surface area contributed by atoms with Crippen LogP contribution >= 0.6 is 0 Å². The molecule has 1 aliphatic rings. The van der Waals surface area contributed by atoms with E-state index in [-0.39, 0.29) is 28.8 Å². The Morgan fingerprint density at radius 2 is 1.97 bits per heavy atom. The molecule has 0 radical (unpaired) electrons. The molecule has 11 heteroatoms. The number of anilines is 1. The van der Waals surface area contributed by atoms with E-state index < -0.39 is 23.7 Å². The zero-order valence-electron chi connectivity index (χ0n) is 16.0. The summed E-state index contributed by atoms with van der Waals surface area (Å²) in [7, 11) is 0. The number of imidazole rings is 1. The van der Waals surface area contributed by atoms with Gasteiger partial charge in [0.15, 0.2) is 17.0 Å². The third-order valence-electron chi connectivity index (χ3n) is 4.13. The smallest absolute Gasteiger partial charge is 0.443 e. The number of hydrogen-bond donors (Lipinski definition) is 1. The Labute approximate surface area is 163 Å². The first kappa shape index (κ1) is 19.2. The highest BCUT2D eigenvalue weighted by atomic mass is 19.4. The van der Waals surface area contributed by atoms with Crippen LogP contribution in [-0.2, 0) is 10.9 Å². The molecule has 3 aromatic heterocycles. The lowest BCUT2D eigenvalue weighted by molar-refractivity contribution is -0.144. The SMILES string of the molecule is CC(C)(C)OC(=O)n1cccc1-n1cnc2c(NC3CC3)nc(C(F)(F)F)nc21. The van der Waals surface area contributed by atoms with Crippen LogP contribution in [0, 0.1) is 0 Å². The quantitative estimate of drug-likeness (QED) is 0.705. The van der Waals surface area contributed by atoms with E-state index in [1.807, 2.05) is 0 Å². The van der Waals surface area contributed by atoms with Crippen LogP contribution in [0.3, 0.4) is 0 Å². The average molecular weight is 408 g/mol. The molecule has 154 valence electrons. The van der Waals surface area contributed by atoms with Crippen molar-refractivity contribution >= 4 is 23.1 Å². The van der Waals surface area contributed by atoms with Crippen LogP contribution in [0.2, 0.25) is 0 Å². The van der Waals surface area contributed by atoms with Gasteiger partial charge in [-0.15, -0.1) is 0 Å². The average Bonchev–Trinajstić information content (AvgIpc) is 3.11. The highest BCUT2D eigenvalue weighted by molar-refractivity contribution is 5.85. The minimum atomic E-state index is -4.73. The molecule has 3 aromatic rings. The first-order valence-corrected chi connectivity index (χ1v) is 9.03. The van der Waals surface area contributed by atoms with E-state index in [1.165, 1.54) is 21.7 Å². The minimum absolute atomic E-state index is 0.0268. The summed E-state index contributed by atoms with van der Waals surface area (Å²) < 4.78 is 47.9. The van der Waals surface area contributed by atoms with E-state index in [4.69, 9.17) is 4.74 Å². The number of aromatic nitrogens is 5. The minimum Gasteiger partial charge on any atom is -0.443 e. The van der Waals surface area contributed by atoms with Gasteiger partial charge in [0.05, 0.1) is 0 Å². The standard InChI is InChI=1S/C18H19F3N6O2/c1-17(2,3)29-16(28)26-8-4-5-11(26)27-9-22-12-13(23-10-6-7-10)24-15(18(19,20)21)25-14(12)27/h4-5,8-10H,6-7H2,1-3H3,(H,23,24,25). The summed E-state index contributed by atoms with van der Waals surface area (Å²) in [6.45, 7) is 5.16. The molecule has 0 aliphatic heterocycles. The monoisotopic (exact) mass is 408 g/mol. The van der Waals surface area contributed by atoms with Gasteiger partial charge >= 0.3 is 12.3 Å². The number of carbonyl (C=O) groups excluding carboxylic acids is 1. The molecule has 0 bridgehead atoms. The summed E-state index contributed by atoms with van der Waals surface area (Å²) in [5.41, 5.74) is -0.594. The molecule has 0 amide bonds. The number of halogens is 3. The summed E-state index contributed by atoms with van der Waals surface area (Å²) in [6, 6.07) is 3.22. The molecule has 0 saturated heterocycles. The largest absolute Gasteiger partial charge is 0.451 e. The van der Waals surface area contributed by atoms with Gasteiger partial charge in [-0.25, -0.2) is 24.3 Å². The Hall–Kier alpha value is -3.11. The summed E-state index contributed by atoms with van der Waals surface area (Å²) in [6.07, 6.45) is -0.903. The van der Waals surface area contributed by atoms with E-state index in [1.54, 1.807) is 32.9 Å². The number of carbonyl (C=O) groups is 1. The van der Waals surface area contributed by atoms with Gasteiger partial charge in [0, 0.05) is 12.2 Å². The van der Waals surface area contributed by atoms with Crippen molar-refractivity contribution in [1.82, 2.24) is 24.1 Å². The van der Waals surface area contributed by atoms with Crippen molar-refractivity contribution in [3.63, 3.8) is 0 Å². The van der Waals surface area contributed by atoms with E-state index in [2.05, 4.69) is 20.3 Å². The van der Waals surface area contributed by atoms with Gasteiger partial charge < -0.3 is 10.1 Å². The second kappa shape index (κ2) is 6.46. The lowest BCUT2D eigenvalue weighted by atomic mass is 10.2. The fourth-order valence-electron chi connectivity index (χ4n) is 2.75. The van der Waals surface area contributed by atoms with Crippen LogP contribution in [-0.4, -0.2) is 41.8 Å². The molecule has 0 spiro atoms. The van der Waals surface area contributed by atoms with Crippen molar-refractivity contribution in [1.29, 1.82) is 0 Å². The van der Waals surface area contributed by atoms with E-state index >= 15 is 0 Å². The Kier molecular flexibility index (Phi) is 4.28. The molecule has 4 rings (SSSR count). The van der Waals surface area contributed by atoms with Gasteiger partial charge in [0.2, 0.25) is 5.82 Å². The van der Waals surface area contributed by atoms with Gasteiger partial charge in [-0.3, -0.25) is 4.57 Å². The van der Waals surface area contributed by atoms with Gasteiger partial charge in [0.1, 0.15) is 17.7 Å². The Balaban J connectivity index is 1.84. The second-order valence-electron chi connectivity index (χ2n) is 7.82. The molecule has 1 aliphatic carbocycles. The van der Waals surface area contributed by atoms with Crippen LogP contribution < -0.4 is 5.32 Å². The summed E-state index contributed by atoms with van der Waals surface area (Å²) in [5.74, 6) is -0.991. The number of ether oxygens (including phenoxy) is 1. The van der Waals surface area contributed by atoms with E-state index in [0.717, 1.165) is 12.8 Å². The van der Waals surface area contributed by atoms with Crippen molar-refractivity contribution in [3.05, 3.63) is 30.5 Å². The fraction of sp³-hybridized carbons (Fsp3) is 0.444. The van der Waals surface area contributed by atoms with Crippen molar-refractivity contribution in [2.45, 2.75) is 51.4 Å². The zero-order chi connectivity index (χ0) is 21.0.